The number of nitrogens with one attached hydrogen (secondary N) is 2. The van der Waals surface area contributed by atoms with Crippen molar-refractivity contribution in [2.75, 3.05) is 0 Å². The van der Waals surface area contributed by atoms with Gasteiger partial charge in [-0.05, 0) is 73.9 Å². The van der Waals surface area contributed by atoms with Crippen molar-refractivity contribution in [3.63, 3.8) is 0 Å². The van der Waals surface area contributed by atoms with Crippen LogP contribution in [-0.2, 0) is 22.9 Å². The van der Waals surface area contributed by atoms with Crippen LogP contribution in [0.1, 0.15) is 51.0 Å². The average molecular weight is 393 g/mol. The Bertz CT molecular complexity index is 932. The molecule has 3 rings (SSSR count). The summed E-state index contributed by atoms with van der Waals surface area (Å²) in [7, 11) is -3.79. The Morgan fingerprint density at radius 3 is 2.69 bits per heavy atom. The highest BCUT2D eigenvalue weighted by molar-refractivity contribution is 7.89. The number of amides is 1. The molecule has 1 amide bonds. The van der Waals surface area contributed by atoms with E-state index in [4.69, 9.17) is 0 Å². The molecule has 5 nitrogen and oxygen atoms in total. The van der Waals surface area contributed by atoms with Gasteiger partial charge in [-0.1, -0.05) is 19.4 Å². The molecule has 1 heterocycles. The first-order chi connectivity index (χ1) is 12.3. The summed E-state index contributed by atoms with van der Waals surface area (Å²) in [4.78, 5) is 16.5. The Labute approximate surface area is 158 Å². The lowest BCUT2D eigenvalue weighted by molar-refractivity contribution is 0.0949. The van der Waals surface area contributed by atoms with Crippen molar-refractivity contribution in [2.24, 2.45) is 5.92 Å². The summed E-state index contributed by atoms with van der Waals surface area (Å²) in [5.41, 5.74) is 5.47. The fourth-order valence-corrected chi connectivity index (χ4v) is 5.20. The first-order valence-electron chi connectivity index (χ1n) is 8.81. The number of rotatable bonds is 5. The molecule has 0 saturated carbocycles. The summed E-state index contributed by atoms with van der Waals surface area (Å²) in [6.45, 7) is 5.96. The lowest BCUT2D eigenvalue weighted by atomic mass is 9.87. The molecular formula is C19H24N2O3S2. The van der Waals surface area contributed by atoms with Crippen LogP contribution in [0.5, 0.6) is 0 Å². The van der Waals surface area contributed by atoms with Gasteiger partial charge in [0.25, 0.3) is 15.9 Å². The van der Waals surface area contributed by atoms with E-state index in [0.717, 1.165) is 36.8 Å². The van der Waals surface area contributed by atoms with E-state index in [1.807, 2.05) is 19.9 Å². The van der Waals surface area contributed by atoms with Gasteiger partial charge in [0.1, 0.15) is 0 Å². The fraction of sp³-hybridized carbons (Fsp3) is 0.421. The van der Waals surface area contributed by atoms with E-state index < -0.39 is 15.9 Å². The Morgan fingerprint density at radius 2 is 2.00 bits per heavy atom. The number of hydrogen-bond acceptors (Lipinski definition) is 4. The summed E-state index contributed by atoms with van der Waals surface area (Å²) >= 11 is 1.46. The van der Waals surface area contributed by atoms with Crippen LogP contribution in [0.3, 0.4) is 0 Å². The summed E-state index contributed by atoms with van der Waals surface area (Å²) in [6, 6.07) is 6.79. The van der Waals surface area contributed by atoms with E-state index in [1.54, 1.807) is 12.1 Å². The summed E-state index contributed by atoms with van der Waals surface area (Å²) in [6.07, 6.45) is 4.31. The molecular weight excluding hydrogens is 368 g/mol. The zero-order chi connectivity index (χ0) is 18.9. The summed E-state index contributed by atoms with van der Waals surface area (Å²) in [5, 5.41) is 0. The van der Waals surface area contributed by atoms with Gasteiger partial charge in [0, 0.05) is 4.88 Å². The highest BCUT2D eigenvalue weighted by atomic mass is 32.2. The zero-order valence-electron chi connectivity index (χ0n) is 15.3. The number of fused-ring (bicyclic) bond motifs is 1. The molecule has 140 valence electrons. The quantitative estimate of drug-likeness (QED) is 0.765. The maximum absolute atomic E-state index is 12.4. The van der Waals surface area contributed by atoms with Crippen molar-refractivity contribution < 1.29 is 13.2 Å². The van der Waals surface area contributed by atoms with Gasteiger partial charge in [0.05, 0.1) is 9.77 Å². The number of hydrazine groups is 1. The first-order valence-corrected chi connectivity index (χ1v) is 11.1. The molecule has 2 aromatic rings. The number of hydrogen-bond donors (Lipinski definition) is 2. The molecule has 1 aromatic carbocycles. The first kappa shape index (κ1) is 19.1. The number of benzene rings is 1. The van der Waals surface area contributed by atoms with Crippen LogP contribution >= 0.6 is 11.3 Å². The maximum atomic E-state index is 12.4. The minimum atomic E-state index is -3.79. The highest BCUT2D eigenvalue weighted by Gasteiger charge is 2.23. The van der Waals surface area contributed by atoms with Crippen LogP contribution in [-0.4, -0.2) is 14.3 Å². The molecule has 0 fully saturated rings. The normalized spacial score (nSPS) is 17.0. The summed E-state index contributed by atoms with van der Waals surface area (Å²) in [5.74, 6) is 0.265. The second-order valence-electron chi connectivity index (χ2n) is 6.88. The van der Waals surface area contributed by atoms with Crippen molar-refractivity contribution in [1.82, 2.24) is 10.3 Å². The van der Waals surface area contributed by atoms with Crippen LogP contribution in [0.25, 0.3) is 0 Å². The van der Waals surface area contributed by atoms with E-state index in [0.29, 0.717) is 10.8 Å². The van der Waals surface area contributed by atoms with Crippen LogP contribution in [0.4, 0.5) is 0 Å². The third-order valence-electron chi connectivity index (χ3n) is 5.07. The van der Waals surface area contributed by atoms with Gasteiger partial charge in [0.2, 0.25) is 0 Å². The molecule has 1 atom stereocenters. The molecule has 1 aliphatic carbocycles. The second-order valence-corrected chi connectivity index (χ2v) is 9.70. The molecule has 2 N–H and O–H groups in total. The van der Waals surface area contributed by atoms with Crippen molar-refractivity contribution in [2.45, 2.75) is 51.3 Å². The highest BCUT2D eigenvalue weighted by Crippen LogP contribution is 2.33. The van der Waals surface area contributed by atoms with Gasteiger partial charge in [-0.25, -0.2) is 8.42 Å². The molecule has 0 bridgehead atoms. The molecule has 1 aromatic heterocycles. The molecule has 1 aliphatic rings. The van der Waals surface area contributed by atoms with Crippen LogP contribution in [0.2, 0.25) is 0 Å². The molecule has 0 radical (unpaired) electrons. The van der Waals surface area contributed by atoms with Gasteiger partial charge in [-0.2, -0.15) is 0 Å². The van der Waals surface area contributed by atoms with E-state index in [-0.39, 0.29) is 4.90 Å². The van der Waals surface area contributed by atoms with Gasteiger partial charge >= 0.3 is 0 Å². The van der Waals surface area contributed by atoms with Crippen molar-refractivity contribution >= 4 is 27.3 Å². The number of aryl methyl sites for hydroxylation is 3. The Morgan fingerprint density at radius 1 is 1.23 bits per heavy atom. The summed E-state index contributed by atoms with van der Waals surface area (Å²) < 4.78 is 24.8. The largest absolute Gasteiger partial charge is 0.276 e. The van der Waals surface area contributed by atoms with E-state index >= 15 is 0 Å². The standard InChI is InChI=1S/C19H24N2O3S2/c1-4-14-6-8-17-15(10-14)11-18(25-17)19(22)20-21-26(23,24)16-7-5-12(2)13(3)9-16/h5,7,9,11,14,21H,4,6,8,10H2,1-3H3,(H,20,22)/t14-/m0/s1. The topological polar surface area (TPSA) is 75.3 Å². The van der Waals surface area contributed by atoms with E-state index in [1.165, 1.54) is 27.8 Å². The second kappa shape index (κ2) is 7.50. The average Bonchev–Trinajstić information content (AvgIpc) is 3.05. The van der Waals surface area contributed by atoms with Gasteiger partial charge in [0.15, 0.2) is 0 Å². The van der Waals surface area contributed by atoms with Crippen molar-refractivity contribution in [1.29, 1.82) is 0 Å². The number of carbonyl (C=O) groups excluding carboxylic acids is 1. The number of thiophene rings is 1. The SMILES string of the molecule is CC[C@H]1CCc2sc(C(=O)NNS(=O)(=O)c3ccc(C)c(C)c3)cc2C1. The molecule has 0 aliphatic heterocycles. The van der Waals surface area contributed by atoms with Crippen LogP contribution in [0, 0.1) is 19.8 Å². The van der Waals surface area contributed by atoms with E-state index in [2.05, 4.69) is 17.2 Å². The van der Waals surface area contributed by atoms with Gasteiger partial charge < -0.3 is 0 Å². The minimum Gasteiger partial charge on any atom is -0.273 e. The van der Waals surface area contributed by atoms with Crippen molar-refractivity contribution in [3.8, 4) is 0 Å². The third-order valence-corrected chi connectivity index (χ3v) is 7.55. The molecule has 0 saturated heterocycles. The van der Waals surface area contributed by atoms with Gasteiger partial charge in [-0.15, -0.1) is 16.2 Å². The van der Waals surface area contributed by atoms with Gasteiger partial charge in [-0.3, -0.25) is 10.2 Å². The molecule has 26 heavy (non-hydrogen) atoms. The molecule has 0 spiro atoms. The Kier molecular flexibility index (Phi) is 5.50. The number of sulfonamides is 1. The smallest absolute Gasteiger partial charge is 0.273 e. The Balaban J connectivity index is 1.69. The third kappa shape index (κ3) is 4.00. The maximum Gasteiger partial charge on any atom is 0.276 e. The van der Waals surface area contributed by atoms with Crippen molar-refractivity contribution in [3.05, 3.63) is 50.7 Å². The predicted molar refractivity (Wildman–Crippen MR) is 104 cm³/mol. The van der Waals surface area contributed by atoms with Crippen LogP contribution in [0.15, 0.2) is 29.2 Å². The monoisotopic (exact) mass is 392 g/mol. The van der Waals surface area contributed by atoms with Crippen LogP contribution < -0.4 is 10.3 Å². The lowest BCUT2D eigenvalue weighted by Crippen LogP contribution is -2.41. The zero-order valence-corrected chi connectivity index (χ0v) is 16.9. The predicted octanol–water partition coefficient (Wildman–Crippen LogP) is 3.50. The lowest BCUT2D eigenvalue weighted by Gasteiger charge is -2.19. The Hall–Kier alpha value is -1.70. The number of carbonyl (C=O) groups is 1. The minimum absolute atomic E-state index is 0.136. The fourth-order valence-electron chi connectivity index (χ4n) is 3.17. The molecule has 7 heteroatoms. The molecule has 0 unspecified atom stereocenters. The van der Waals surface area contributed by atoms with E-state index in [9.17, 15) is 13.2 Å².